The predicted octanol–water partition coefficient (Wildman–Crippen LogP) is 5.03. The Kier molecular flexibility index (Phi) is 4.04. The molecular formula is C23H15ClFN5O. The maximum absolute atomic E-state index is 14.4. The molecule has 4 heterocycles. The molecule has 8 heteroatoms. The van der Waals surface area contributed by atoms with Gasteiger partial charge in [-0.05, 0) is 41.5 Å². The van der Waals surface area contributed by atoms with Gasteiger partial charge in [-0.3, -0.25) is 4.98 Å². The van der Waals surface area contributed by atoms with Crippen molar-refractivity contribution in [1.82, 2.24) is 19.7 Å². The molecule has 0 saturated heterocycles. The van der Waals surface area contributed by atoms with Crippen LogP contribution < -0.4 is 10.1 Å². The topological polar surface area (TPSA) is 64.9 Å². The largest absolute Gasteiger partial charge is 0.480 e. The fourth-order valence-electron chi connectivity index (χ4n) is 4.23. The third-order valence-corrected chi connectivity index (χ3v) is 5.87. The van der Waals surface area contributed by atoms with Crippen molar-refractivity contribution >= 4 is 23.2 Å². The molecule has 0 aliphatic carbocycles. The highest BCUT2D eigenvalue weighted by molar-refractivity contribution is 6.30. The highest BCUT2D eigenvalue weighted by Gasteiger charge is 2.41. The molecule has 0 radical (unpaired) electrons. The van der Waals surface area contributed by atoms with Gasteiger partial charge in [0.2, 0.25) is 5.95 Å². The number of fused-ring (bicyclic) bond motifs is 3. The number of rotatable bonds is 2. The second-order valence-corrected chi connectivity index (χ2v) is 7.75. The van der Waals surface area contributed by atoms with Gasteiger partial charge in [-0.25, -0.2) is 9.07 Å². The lowest BCUT2D eigenvalue weighted by Crippen LogP contribution is -2.32. The molecule has 4 aromatic rings. The fraction of sp³-hybridized carbons (Fsp3) is 0.0870. The van der Waals surface area contributed by atoms with E-state index in [1.165, 1.54) is 12.4 Å². The number of para-hydroxylation sites is 1. The van der Waals surface area contributed by atoms with Crippen molar-refractivity contribution in [3.05, 3.63) is 106 Å². The minimum Gasteiger partial charge on any atom is -0.480 e. The van der Waals surface area contributed by atoms with Crippen LogP contribution in [0.4, 0.5) is 10.3 Å². The van der Waals surface area contributed by atoms with E-state index < -0.39 is 11.9 Å². The van der Waals surface area contributed by atoms with Crippen molar-refractivity contribution < 1.29 is 9.13 Å². The van der Waals surface area contributed by atoms with Gasteiger partial charge in [0, 0.05) is 23.5 Å². The van der Waals surface area contributed by atoms with Gasteiger partial charge >= 0.3 is 0 Å². The van der Waals surface area contributed by atoms with E-state index in [-0.39, 0.29) is 11.1 Å². The molecule has 0 amide bonds. The minimum atomic E-state index is -0.563. The second kappa shape index (κ2) is 6.92. The number of pyridine rings is 1. The molecule has 6 nitrogen and oxygen atoms in total. The molecule has 2 aliphatic rings. The van der Waals surface area contributed by atoms with Gasteiger partial charge in [-0.1, -0.05) is 35.9 Å². The molecule has 31 heavy (non-hydrogen) atoms. The molecule has 2 unspecified atom stereocenters. The molecule has 0 fully saturated rings. The lowest BCUT2D eigenvalue weighted by atomic mass is 9.85. The standard InChI is InChI=1S/C23H15ClFN5O/c24-16-8-7-13(10-17(16)25)22-19-20(15-5-1-2-6-18(15)31-22)29-23-27-12-28-30(23)21(19)14-4-3-9-26-11-14/h1-12,21-22H,(H,27,28,29). The zero-order valence-electron chi connectivity index (χ0n) is 16.0. The quantitative estimate of drug-likeness (QED) is 0.482. The lowest BCUT2D eigenvalue weighted by molar-refractivity contribution is 0.222. The average molecular weight is 432 g/mol. The van der Waals surface area contributed by atoms with Gasteiger partial charge in [0.25, 0.3) is 0 Å². The molecule has 0 saturated carbocycles. The second-order valence-electron chi connectivity index (χ2n) is 7.34. The first-order chi connectivity index (χ1) is 15.2. The molecule has 2 aromatic carbocycles. The van der Waals surface area contributed by atoms with E-state index in [2.05, 4.69) is 20.4 Å². The van der Waals surface area contributed by atoms with Gasteiger partial charge in [0.1, 0.15) is 30.0 Å². The van der Waals surface area contributed by atoms with Gasteiger partial charge in [0.15, 0.2) is 0 Å². The summed E-state index contributed by atoms with van der Waals surface area (Å²) in [7, 11) is 0. The fourth-order valence-corrected chi connectivity index (χ4v) is 4.34. The Morgan fingerprint density at radius 3 is 2.81 bits per heavy atom. The van der Waals surface area contributed by atoms with E-state index in [1.807, 2.05) is 36.4 Å². The zero-order valence-corrected chi connectivity index (χ0v) is 16.8. The van der Waals surface area contributed by atoms with Crippen LogP contribution in [-0.4, -0.2) is 19.7 Å². The third kappa shape index (κ3) is 2.81. The Bertz CT molecular complexity index is 1340. The van der Waals surface area contributed by atoms with Crippen LogP contribution in [0.5, 0.6) is 5.75 Å². The van der Waals surface area contributed by atoms with Crippen LogP contribution in [0, 0.1) is 5.82 Å². The van der Waals surface area contributed by atoms with E-state index in [0.717, 1.165) is 22.4 Å². The van der Waals surface area contributed by atoms with Crippen molar-refractivity contribution in [3.63, 3.8) is 0 Å². The normalized spacial score (nSPS) is 19.0. The van der Waals surface area contributed by atoms with Gasteiger partial charge in [0.05, 0.1) is 10.7 Å². The number of anilines is 1. The number of ether oxygens (including phenoxy) is 1. The summed E-state index contributed by atoms with van der Waals surface area (Å²) in [5, 5.41) is 7.93. The number of benzene rings is 2. The van der Waals surface area contributed by atoms with Crippen LogP contribution >= 0.6 is 11.6 Å². The van der Waals surface area contributed by atoms with Crippen molar-refractivity contribution in [2.75, 3.05) is 5.32 Å². The Morgan fingerprint density at radius 2 is 1.97 bits per heavy atom. The number of hydrogen-bond acceptors (Lipinski definition) is 5. The third-order valence-electron chi connectivity index (χ3n) is 5.57. The Morgan fingerprint density at radius 1 is 1.06 bits per heavy atom. The monoisotopic (exact) mass is 431 g/mol. The van der Waals surface area contributed by atoms with Crippen molar-refractivity contribution in [1.29, 1.82) is 0 Å². The SMILES string of the molecule is Fc1cc(C2Oc3ccccc3C3=C2C(c2cccnc2)n2ncnc2N3)ccc1Cl. The van der Waals surface area contributed by atoms with Crippen LogP contribution in [0.2, 0.25) is 5.02 Å². The van der Waals surface area contributed by atoms with Gasteiger partial charge in [-0.15, -0.1) is 0 Å². The van der Waals surface area contributed by atoms with Crippen molar-refractivity contribution in [2.24, 2.45) is 0 Å². The average Bonchev–Trinajstić information content (AvgIpc) is 3.28. The number of halogens is 2. The first-order valence-corrected chi connectivity index (χ1v) is 10.1. The van der Waals surface area contributed by atoms with E-state index in [0.29, 0.717) is 17.3 Å². The molecule has 0 spiro atoms. The van der Waals surface area contributed by atoms with Crippen LogP contribution in [0.3, 0.4) is 0 Å². The number of nitrogens with zero attached hydrogens (tertiary/aromatic N) is 4. The Labute approximate surface area is 182 Å². The summed E-state index contributed by atoms with van der Waals surface area (Å²) in [6.07, 6.45) is 4.47. The summed E-state index contributed by atoms with van der Waals surface area (Å²) in [5.41, 5.74) is 4.25. The van der Waals surface area contributed by atoms with Crippen molar-refractivity contribution in [2.45, 2.75) is 12.1 Å². The first kappa shape index (κ1) is 18.1. The molecule has 0 bridgehead atoms. The molecule has 152 valence electrons. The summed E-state index contributed by atoms with van der Waals surface area (Å²) in [6.45, 7) is 0. The summed E-state index contributed by atoms with van der Waals surface area (Å²) in [4.78, 5) is 8.69. The smallest absolute Gasteiger partial charge is 0.226 e. The van der Waals surface area contributed by atoms with E-state index in [1.54, 1.807) is 29.2 Å². The predicted molar refractivity (Wildman–Crippen MR) is 114 cm³/mol. The highest BCUT2D eigenvalue weighted by Crippen LogP contribution is 2.50. The molecule has 2 aromatic heterocycles. The Balaban J connectivity index is 1.63. The van der Waals surface area contributed by atoms with Crippen LogP contribution in [0.15, 0.2) is 78.9 Å². The van der Waals surface area contributed by atoms with E-state index in [4.69, 9.17) is 16.3 Å². The first-order valence-electron chi connectivity index (χ1n) is 9.72. The number of aromatic nitrogens is 4. The minimum absolute atomic E-state index is 0.0679. The summed E-state index contributed by atoms with van der Waals surface area (Å²) >= 11 is 5.94. The van der Waals surface area contributed by atoms with Crippen LogP contribution in [0.25, 0.3) is 5.70 Å². The number of nitrogens with one attached hydrogen (secondary N) is 1. The molecule has 2 aliphatic heterocycles. The molecule has 6 rings (SSSR count). The Hall–Kier alpha value is -3.71. The summed E-state index contributed by atoms with van der Waals surface area (Å²) in [5.74, 6) is 0.823. The summed E-state index contributed by atoms with van der Waals surface area (Å²) < 4.78 is 22.6. The molecule has 1 N–H and O–H groups in total. The zero-order chi connectivity index (χ0) is 20.9. The van der Waals surface area contributed by atoms with Gasteiger partial charge < -0.3 is 10.1 Å². The highest BCUT2D eigenvalue weighted by atomic mass is 35.5. The van der Waals surface area contributed by atoms with E-state index in [9.17, 15) is 4.39 Å². The molecule has 2 atom stereocenters. The molecular weight excluding hydrogens is 417 g/mol. The maximum Gasteiger partial charge on any atom is 0.226 e. The van der Waals surface area contributed by atoms with Crippen LogP contribution in [-0.2, 0) is 0 Å². The van der Waals surface area contributed by atoms with Crippen molar-refractivity contribution in [3.8, 4) is 5.75 Å². The van der Waals surface area contributed by atoms with Crippen LogP contribution in [0.1, 0.15) is 28.8 Å². The van der Waals surface area contributed by atoms with E-state index >= 15 is 0 Å². The van der Waals surface area contributed by atoms with Gasteiger partial charge in [-0.2, -0.15) is 10.1 Å². The number of hydrogen-bond donors (Lipinski definition) is 1. The lowest BCUT2D eigenvalue weighted by Gasteiger charge is -2.38. The maximum atomic E-state index is 14.4. The summed E-state index contributed by atoms with van der Waals surface area (Å²) in [6, 6.07) is 16.0.